The second-order valence-electron chi connectivity index (χ2n) is 5.23. The van der Waals surface area contributed by atoms with Crippen LogP contribution >= 0.6 is 11.8 Å². The smallest absolute Gasteiger partial charge is 0.122 e. The van der Waals surface area contributed by atoms with Gasteiger partial charge < -0.3 is 4.74 Å². The Morgan fingerprint density at radius 3 is 2.68 bits per heavy atom. The van der Waals surface area contributed by atoms with Crippen molar-refractivity contribution in [2.24, 2.45) is 5.84 Å². The minimum atomic E-state index is 0.231. The zero-order chi connectivity index (χ0) is 13.8. The van der Waals surface area contributed by atoms with E-state index in [0.717, 1.165) is 5.75 Å². The number of methoxy groups -OCH3 is 1. The lowest BCUT2D eigenvalue weighted by atomic mass is 9.94. The molecule has 1 heterocycles. The fraction of sp³-hybridized carbons (Fsp3) is 0.600. The maximum absolute atomic E-state index is 5.83. The molecule has 0 aliphatic carbocycles. The fourth-order valence-corrected chi connectivity index (χ4v) is 4.22. The predicted octanol–water partition coefficient (Wildman–Crippen LogP) is 3.10. The van der Waals surface area contributed by atoms with Crippen LogP contribution in [0, 0.1) is 13.8 Å². The van der Waals surface area contributed by atoms with E-state index >= 15 is 0 Å². The summed E-state index contributed by atoms with van der Waals surface area (Å²) < 4.78 is 5.38. The van der Waals surface area contributed by atoms with E-state index in [4.69, 9.17) is 10.6 Å². The zero-order valence-electron chi connectivity index (χ0n) is 12.0. The van der Waals surface area contributed by atoms with Gasteiger partial charge in [-0.05, 0) is 55.2 Å². The molecule has 0 bridgehead atoms. The summed E-state index contributed by atoms with van der Waals surface area (Å²) in [6, 6.07) is 4.56. The average molecular weight is 280 g/mol. The molecule has 0 aromatic heterocycles. The number of benzene rings is 1. The Hall–Kier alpha value is -0.710. The number of hydrazine groups is 1. The van der Waals surface area contributed by atoms with Crippen LogP contribution in [0.1, 0.15) is 42.0 Å². The van der Waals surface area contributed by atoms with Gasteiger partial charge in [0, 0.05) is 5.25 Å². The monoisotopic (exact) mass is 280 g/mol. The molecule has 2 atom stereocenters. The Bertz CT molecular complexity index is 430. The number of nitrogens with two attached hydrogens (primary N) is 1. The molecule has 1 aliphatic rings. The van der Waals surface area contributed by atoms with E-state index in [2.05, 4.69) is 31.4 Å². The van der Waals surface area contributed by atoms with E-state index in [1.165, 1.54) is 41.7 Å². The quantitative estimate of drug-likeness (QED) is 0.657. The highest BCUT2D eigenvalue weighted by molar-refractivity contribution is 8.00. The van der Waals surface area contributed by atoms with Gasteiger partial charge in [0.25, 0.3) is 0 Å². The van der Waals surface area contributed by atoms with Gasteiger partial charge in [0.05, 0.1) is 13.2 Å². The molecule has 0 saturated carbocycles. The van der Waals surface area contributed by atoms with Crippen LogP contribution in [-0.4, -0.2) is 18.1 Å². The number of nitrogens with one attached hydrogen (secondary N) is 1. The lowest BCUT2D eigenvalue weighted by molar-refractivity contribution is 0.410. The second-order valence-corrected chi connectivity index (χ2v) is 6.57. The summed E-state index contributed by atoms with van der Waals surface area (Å²) in [5.41, 5.74) is 6.76. The highest BCUT2D eigenvalue weighted by Gasteiger charge is 2.26. The molecule has 1 fully saturated rings. The highest BCUT2D eigenvalue weighted by atomic mass is 32.2. The molecular formula is C15H24N2OS. The van der Waals surface area contributed by atoms with Crippen LogP contribution in [0.4, 0.5) is 0 Å². The summed E-state index contributed by atoms with van der Waals surface area (Å²) in [5, 5.41) is 0.574. The summed E-state index contributed by atoms with van der Waals surface area (Å²) in [6.07, 6.45) is 3.88. The molecule has 0 radical (unpaired) electrons. The Labute approximate surface area is 120 Å². The summed E-state index contributed by atoms with van der Waals surface area (Å²) in [4.78, 5) is 0. The fourth-order valence-electron chi connectivity index (χ4n) is 2.79. The van der Waals surface area contributed by atoms with Crippen molar-refractivity contribution in [3.8, 4) is 5.75 Å². The number of hydrogen-bond acceptors (Lipinski definition) is 4. The van der Waals surface area contributed by atoms with E-state index in [0.29, 0.717) is 5.25 Å². The molecule has 1 saturated heterocycles. The van der Waals surface area contributed by atoms with Crippen molar-refractivity contribution in [2.45, 2.75) is 44.4 Å². The van der Waals surface area contributed by atoms with Gasteiger partial charge in [0.15, 0.2) is 0 Å². The number of ether oxygens (including phenoxy) is 1. The molecule has 2 unspecified atom stereocenters. The van der Waals surface area contributed by atoms with Crippen LogP contribution in [0.5, 0.6) is 5.75 Å². The third kappa shape index (κ3) is 3.25. The van der Waals surface area contributed by atoms with Crippen molar-refractivity contribution in [2.75, 3.05) is 12.9 Å². The van der Waals surface area contributed by atoms with Gasteiger partial charge in [0.1, 0.15) is 5.75 Å². The summed E-state index contributed by atoms with van der Waals surface area (Å²) in [5.74, 6) is 8.03. The first kappa shape index (κ1) is 14.7. The molecule has 106 valence electrons. The molecule has 1 aromatic carbocycles. The maximum Gasteiger partial charge on any atom is 0.122 e. The molecular weight excluding hydrogens is 256 g/mol. The molecule has 19 heavy (non-hydrogen) atoms. The number of rotatable bonds is 4. The standard InChI is InChI=1S/C15H24N2OS/c1-10-9-13(18-3)11(2)8-12(10)15(17-16)14-6-4-5-7-19-14/h8-9,14-15,17H,4-7,16H2,1-3H3. The van der Waals surface area contributed by atoms with E-state index in [1.54, 1.807) is 7.11 Å². The molecule has 1 aromatic rings. The molecule has 0 spiro atoms. The first-order valence-electron chi connectivity index (χ1n) is 6.90. The van der Waals surface area contributed by atoms with Gasteiger partial charge >= 0.3 is 0 Å². The van der Waals surface area contributed by atoms with E-state index in [1.807, 2.05) is 11.8 Å². The Balaban J connectivity index is 2.29. The number of hydrogen-bond donors (Lipinski definition) is 2. The lowest BCUT2D eigenvalue weighted by Crippen LogP contribution is -2.36. The number of thioether (sulfide) groups is 1. The highest BCUT2D eigenvalue weighted by Crippen LogP contribution is 2.37. The summed E-state index contributed by atoms with van der Waals surface area (Å²) >= 11 is 2.04. The molecule has 3 nitrogen and oxygen atoms in total. The first-order valence-corrected chi connectivity index (χ1v) is 7.95. The molecule has 1 aliphatic heterocycles. The van der Waals surface area contributed by atoms with Crippen LogP contribution in [-0.2, 0) is 0 Å². The van der Waals surface area contributed by atoms with Gasteiger partial charge in [-0.15, -0.1) is 0 Å². The van der Waals surface area contributed by atoms with E-state index in [9.17, 15) is 0 Å². The lowest BCUT2D eigenvalue weighted by Gasteiger charge is -2.31. The average Bonchev–Trinajstić information content (AvgIpc) is 2.44. The predicted molar refractivity (Wildman–Crippen MR) is 82.6 cm³/mol. The SMILES string of the molecule is COc1cc(C)c(C(NN)C2CCCCS2)cc1C. The van der Waals surface area contributed by atoms with Crippen molar-refractivity contribution in [1.29, 1.82) is 0 Å². The van der Waals surface area contributed by atoms with Gasteiger partial charge in [-0.25, -0.2) is 0 Å². The summed E-state index contributed by atoms with van der Waals surface area (Å²) in [7, 11) is 1.72. The molecule has 4 heteroatoms. The number of aryl methyl sites for hydroxylation is 2. The Morgan fingerprint density at radius 2 is 2.11 bits per heavy atom. The van der Waals surface area contributed by atoms with Crippen LogP contribution in [0.3, 0.4) is 0 Å². The van der Waals surface area contributed by atoms with Crippen molar-refractivity contribution in [1.82, 2.24) is 5.43 Å². The largest absolute Gasteiger partial charge is 0.496 e. The molecule has 0 amide bonds. The topological polar surface area (TPSA) is 47.3 Å². The van der Waals surface area contributed by atoms with Crippen molar-refractivity contribution in [3.63, 3.8) is 0 Å². The first-order chi connectivity index (χ1) is 9.17. The minimum Gasteiger partial charge on any atom is -0.496 e. The third-order valence-electron chi connectivity index (χ3n) is 3.88. The van der Waals surface area contributed by atoms with Gasteiger partial charge in [0.2, 0.25) is 0 Å². The molecule has 3 N–H and O–H groups in total. The summed E-state index contributed by atoms with van der Waals surface area (Å²) in [6.45, 7) is 4.22. The Kier molecular flexibility index (Phi) is 5.13. The third-order valence-corrected chi connectivity index (χ3v) is 5.35. The maximum atomic E-state index is 5.83. The van der Waals surface area contributed by atoms with Gasteiger partial charge in [-0.3, -0.25) is 11.3 Å². The Morgan fingerprint density at radius 1 is 1.32 bits per heavy atom. The van der Waals surface area contributed by atoms with Gasteiger partial charge in [-0.1, -0.05) is 12.5 Å². The van der Waals surface area contributed by atoms with Crippen molar-refractivity contribution in [3.05, 3.63) is 28.8 Å². The van der Waals surface area contributed by atoms with E-state index in [-0.39, 0.29) is 6.04 Å². The minimum absolute atomic E-state index is 0.231. The van der Waals surface area contributed by atoms with Crippen LogP contribution in [0.25, 0.3) is 0 Å². The zero-order valence-corrected chi connectivity index (χ0v) is 12.8. The van der Waals surface area contributed by atoms with E-state index < -0.39 is 0 Å². The van der Waals surface area contributed by atoms with Crippen LogP contribution in [0.15, 0.2) is 12.1 Å². The molecule has 2 rings (SSSR count). The van der Waals surface area contributed by atoms with Crippen molar-refractivity contribution >= 4 is 11.8 Å². The van der Waals surface area contributed by atoms with Crippen molar-refractivity contribution < 1.29 is 4.74 Å². The van der Waals surface area contributed by atoms with Gasteiger partial charge in [-0.2, -0.15) is 11.8 Å². The van der Waals surface area contributed by atoms with Crippen LogP contribution < -0.4 is 16.0 Å². The second kappa shape index (κ2) is 6.64. The normalized spacial score (nSPS) is 21.2. The van der Waals surface area contributed by atoms with Crippen LogP contribution in [0.2, 0.25) is 0 Å².